The molecule has 0 fully saturated rings. The quantitative estimate of drug-likeness (QED) is 0.628. The number of nitrogens with one attached hydrogen (secondary N) is 1. The molecule has 8 heteroatoms. The second kappa shape index (κ2) is 6.86. The van der Waals surface area contributed by atoms with E-state index in [9.17, 15) is 24.8 Å². The van der Waals surface area contributed by atoms with Gasteiger partial charge in [0.05, 0.1) is 21.9 Å². The number of carbonyl (C=O) groups excluding carboxylic acids is 1. The molecule has 0 aromatic heterocycles. The maximum absolute atomic E-state index is 12.1. The van der Waals surface area contributed by atoms with E-state index in [1.54, 1.807) is 26.8 Å². The topological polar surface area (TPSA) is 119 Å². The predicted octanol–water partition coefficient (Wildman–Crippen LogP) is 3.27. The highest BCUT2D eigenvalue weighted by molar-refractivity contribution is 5.77. The van der Waals surface area contributed by atoms with Gasteiger partial charge in [0.1, 0.15) is 5.60 Å². The SMILES string of the molecule is CC(C)(C)OC(=O)N[C@@H](c1ccccc1[N+](=O)[O-])C(C)(C)C(=O)O. The average molecular weight is 338 g/mol. The standard InChI is InChI=1S/C16H22N2O6/c1-15(2,3)24-14(21)17-12(16(4,5)13(19)20)10-8-6-7-9-11(10)18(22)23/h6-9,12H,1-5H3,(H,17,21)(H,19,20)/t12-/m0/s1. The van der Waals surface area contributed by atoms with Gasteiger partial charge in [-0.1, -0.05) is 18.2 Å². The first kappa shape index (κ1) is 19.4. The average Bonchev–Trinajstić information content (AvgIpc) is 2.42. The number of carboxylic acid groups (broad SMARTS) is 1. The summed E-state index contributed by atoms with van der Waals surface area (Å²) in [5, 5.41) is 23.2. The Morgan fingerprint density at radius 2 is 1.75 bits per heavy atom. The summed E-state index contributed by atoms with van der Waals surface area (Å²) in [5.41, 5.74) is -2.46. The van der Waals surface area contributed by atoms with Crippen LogP contribution in [0.15, 0.2) is 24.3 Å². The van der Waals surface area contributed by atoms with E-state index < -0.39 is 34.0 Å². The number of para-hydroxylation sites is 1. The van der Waals surface area contributed by atoms with Gasteiger partial charge in [0.25, 0.3) is 5.69 Å². The number of amides is 1. The highest BCUT2D eigenvalue weighted by Gasteiger charge is 2.42. The highest BCUT2D eigenvalue weighted by atomic mass is 16.6. The van der Waals surface area contributed by atoms with Gasteiger partial charge in [-0.3, -0.25) is 14.9 Å². The van der Waals surface area contributed by atoms with E-state index in [2.05, 4.69) is 5.32 Å². The molecule has 0 aliphatic rings. The van der Waals surface area contributed by atoms with Crippen molar-refractivity contribution in [2.75, 3.05) is 0 Å². The fourth-order valence-corrected chi connectivity index (χ4v) is 2.09. The first-order chi connectivity index (χ1) is 10.9. The number of nitro benzene ring substituents is 1. The van der Waals surface area contributed by atoms with Crippen molar-refractivity contribution < 1.29 is 24.4 Å². The normalized spacial score (nSPS) is 13.0. The number of rotatable bonds is 5. The Kier molecular flexibility index (Phi) is 5.54. The summed E-state index contributed by atoms with van der Waals surface area (Å²) >= 11 is 0. The van der Waals surface area contributed by atoms with Crippen molar-refractivity contribution in [2.45, 2.75) is 46.3 Å². The molecular formula is C16H22N2O6. The van der Waals surface area contributed by atoms with E-state index in [1.807, 2.05) is 0 Å². The minimum Gasteiger partial charge on any atom is -0.481 e. The zero-order chi connectivity index (χ0) is 18.7. The molecule has 132 valence electrons. The van der Waals surface area contributed by atoms with E-state index >= 15 is 0 Å². The predicted molar refractivity (Wildman–Crippen MR) is 86.6 cm³/mol. The van der Waals surface area contributed by atoms with Crippen LogP contribution in [0.2, 0.25) is 0 Å². The van der Waals surface area contributed by atoms with Crippen LogP contribution >= 0.6 is 0 Å². The monoisotopic (exact) mass is 338 g/mol. The molecule has 0 aliphatic heterocycles. The van der Waals surface area contributed by atoms with Crippen molar-refractivity contribution in [3.63, 3.8) is 0 Å². The number of ether oxygens (including phenoxy) is 1. The van der Waals surface area contributed by atoms with E-state index in [0.29, 0.717) is 0 Å². The van der Waals surface area contributed by atoms with E-state index in [1.165, 1.54) is 32.0 Å². The third-order valence-electron chi connectivity index (χ3n) is 3.38. The summed E-state index contributed by atoms with van der Waals surface area (Å²) in [7, 11) is 0. The molecule has 24 heavy (non-hydrogen) atoms. The minimum absolute atomic E-state index is 0.0979. The Morgan fingerprint density at radius 1 is 1.21 bits per heavy atom. The molecule has 1 atom stereocenters. The van der Waals surface area contributed by atoms with Crippen LogP contribution in [0, 0.1) is 15.5 Å². The van der Waals surface area contributed by atoms with Gasteiger partial charge in [0.2, 0.25) is 0 Å². The maximum atomic E-state index is 12.1. The van der Waals surface area contributed by atoms with E-state index in [4.69, 9.17) is 4.74 Å². The number of hydrogen-bond donors (Lipinski definition) is 2. The molecule has 1 rings (SSSR count). The molecule has 0 radical (unpaired) electrons. The Labute approximate surface area is 140 Å². The van der Waals surface area contributed by atoms with Crippen molar-refractivity contribution in [3.8, 4) is 0 Å². The summed E-state index contributed by atoms with van der Waals surface area (Å²) in [5.74, 6) is -1.21. The minimum atomic E-state index is -1.50. The van der Waals surface area contributed by atoms with Crippen molar-refractivity contribution in [1.29, 1.82) is 0 Å². The number of benzene rings is 1. The number of nitro groups is 1. The fraction of sp³-hybridized carbons (Fsp3) is 0.500. The van der Waals surface area contributed by atoms with Crippen LogP contribution in [0.5, 0.6) is 0 Å². The largest absolute Gasteiger partial charge is 0.481 e. The summed E-state index contributed by atoms with van der Waals surface area (Å²) in [6.07, 6.45) is -0.847. The number of hydrogen-bond acceptors (Lipinski definition) is 5. The highest BCUT2D eigenvalue weighted by Crippen LogP contribution is 2.38. The van der Waals surface area contributed by atoms with Gasteiger partial charge >= 0.3 is 12.1 Å². The van der Waals surface area contributed by atoms with Crippen molar-refractivity contribution in [1.82, 2.24) is 5.32 Å². The van der Waals surface area contributed by atoms with Gasteiger partial charge in [0, 0.05) is 6.07 Å². The maximum Gasteiger partial charge on any atom is 0.408 e. The van der Waals surface area contributed by atoms with Gasteiger partial charge in [-0.2, -0.15) is 0 Å². The molecule has 1 aromatic carbocycles. The number of nitrogens with zero attached hydrogens (tertiary/aromatic N) is 1. The van der Waals surface area contributed by atoms with Crippen LogP contribution in [0.1, 0.15) is 46.2 Å². The summed E-state index contributed by atoms with van der Waals surface area (Å²) < 4.78 is 5.15. The second-order valence-corrected chi connectivity index (χ2v) is 6.92. The van der Waals surface area contributed by atoms with Gasteiger partial charge in [-0.25, -0.2) is 4.79 Å². The van der Waals surface area contributed by atoms with E-state index in [0.717, 1.165) is 0 Å². The van der Waals surface area contributed by atoms with E-state index in [-0.39, 0.29) is 11.3 Å². The summed E-state index contributed by atoms with van der Waals surface area (Å²) in [4.78, 5) is 34.4. The molecule has 1 amide bonds. The lowest BCUT2D eigenvalue weighted by Crippen LogP contribution is -2.44. The third kappa shape index (κ3) is 4.68. The lowest BCUT2D eigenvalue weighted by atomic mass is 9.80. The number of carboxylic acids is 1. The van der Waals surface area contributed by atoms with Gasteiger partial charge in [0.15, 0.2) is 0 Å². The van der Waals surface area contributed by atoms with Crippen molar-refractivity contribution in [3.05, 3.63) is 39.9 Å². The lowest BCUT2D eigenvalue weighted by Gasteiger charge is -2.32. The Balaban J connectivity index is 3.34. The Morgan fingerprint density at radius 3 is 2.21 bits per heavy atom. The van der Waals surface area contributed by atoms with Crippen LogP contribution in [0.3, 0.4) is 0 Å². The molecule has 0 heterocycles. The molecule has 0 saturated heterocycles. The van der Waals surface area contributed by atoms with Gasteiger partial charge in [-0.05, 0) is 34.6 Å². The third-order valence-corrected chi connectivity index (χ3v) is 3.38. The zero-order valence-corrected chi connectivity index (χ0v) is 14.3. The van der Waals surface area contributed by atoms with Crippen LogP contribution in [-0.2, 0) is 9.53 Å². The summed E-state index contributed by atoms with van der Waals surface area (Å²) in [6, 6.07) is 4.55. The fourth-order valence-electron chi connectivity index (χ4n) is 2.09. The molecule has 0 saturated carbocycles. The number of aliphatic carboxylic acids is 1. The molecule has 1 aromatic rings. The van der Waals surface area contributed by atoms with Crippen LogP contribution < -0.4 is 5.32 Å². The van der Waals surface area contributed by atoms with Crippen LogP contribution in [-0.4, -0.2) is 27.7 Å². The Hall–Kier alpha value is -2.64. The van der Waals surface area contributed by atoms with Gasteiger partial charge < -0.3 is 15.2 Å². The number of alkyl carbamates (subject to hydrolysis) is 1. The molecule has 0 spiro atoms. The molecule has 2 N–H and O–H groups in total. The Bertz CT molecular complexity index is 648. The smallest absolute Gasteiger partial charge is 0.408 e. The molecular weight excluding hydrogens is 316 g/mol. The summed E-state index contributed by atoms with van der Waals surface area (Å²) in [6.45, 7) is 7.75. The number of carbonyl (C=O) groups is 2. The molecule has 0 aliphatic carbocycles. The second-order valence-electron chi connectivity index (χ2n) is 6.92. The van der Waals surface area contributed by atoms with Crippen molar-refractivity contribution >= 4 is 17.7 Å². The van der Waals surface area contributed by atoms with Crippen LogP contribution in [0.4, 0.5) is 10.5 Å². The molecule has 0 bridgehead atoms. The first-order valence-corrected chi connectivity index (χ1v) is 7.32. The lowest BCUT2D eigenvalue weighted by molar-refractivity contribution is -0.385. The van der Waals surface area contributed by atoms with Crippen molar-refractivity contribution in [2.24, 2.45) is 5.41 Å². The van der Waals surface area contributed by atoms with Crippen LogP contribution in [0.25, 0.3) is 0 Å². The first-order valence-electron chi connectivity index (χ1n) is 7.32. The molecule has 8 nitrogen and oxygen atoms in total. The zero-order valence-electron chi connectivity index (χ0n) is 14.3. The molecule has 0 unspecified atom stereocenters. The van der Waals surface area contributed by atoms with Gasteiger partial charge in [-0.15, -0.1) is 0 Å².